The van der Waals surface area contributed by atoms with Gasteiger partial charge in [-0.15, -0.1) is 10.2 Å². The van der Waals surface area contributed by atoms with Crippen molar-refractivity contribution in [1.29, 1.82) is 0 Å². The second-order valence-corrected chi connectivity index (χ2v) is 7.54. The maximum absolute atomic E-state index is 12.5. The van der Waals surface area contributed by atoms with Crippen LogP contribution in [0.2, 0.25) is 0 Å². The molecular formula is C22H24N2O4S. The Kier molecular flexibility index (Phi) is 6.93. The summed E-state index contributed by atoms with van der Waals surface area (Å²) < 4.78 is 16.2. The summed E-state index contributed by atoms with van der Waals surface area (Å²) in [5, 5.41) is 8.44. The van der Waals surface area contributed by atoms with Crippen LogP contribution in [0.4, 0.5) is 0 Å². The van der Waals surface area contributed by atoms with Crippen molar-refractivity contribution >= 4 is 17.5 Å². The molecule has 6 nitrogen and oxygen atoms in total. The summed E-state index contributed by atoms with van der Waals surface area (Å²) in [5.74, 6) is 2.33. The molecule has 3 rings (SSSR count). The van der Waals surface area contributed by atoms with E-state index in [1.807, 2.05) is 24.3 Å². The topological polar surface area (TPSA) is 74.5 Å². The molecule has 0 radical (unpaired) electrons. The molecule has 0 N–H and O–H groups in total. The van der Waals surface area contributed by atoms with Gasteiger partial charge in [-0.1, -0.05) is 49.9 Å². The van der Waals surface area contributed by atoms with Crippen LogP contribution < -0.4 is 9.47 Å². The van der Waals surface area contributed by atoms with E-state index in [1.54, 1.807) is 32.4 Å². The van der Waals surface area contributed by atoms with Gasteiger partial charge in [-0.25, -0.2) is 0 Å². The Hall–Kier alpha value is -2.80. The first-order valence-electron chi connectivity index (χ1n) is 9.37. The van der Waals surface area contributed by atoms with E-state index in [1.165, 1.54) is 17.3 Å². The zero-order valence-electron chi connectivity index (χ0n) is 17.0. The maximum atomic E-state index is 12.5. The Balaban J connectivity index is 1.65. The Morgan fingerprint density at radius 2 is 1.72 bits per heavy atom. The van der Waals surface area contributed by atoms with E-state index in [0.29, 0.717) is 39.7 Å². The third-order valence-electron chi connectivity index (χ3n) is 4.75. The standard InChI is InChI=1S/C22H24N2O4S/c1-5-14(2)15-6-8-16(9-7-15)20(25)13-29-22-24-23-21(28-22)17-10-18(26-3)12-19(11-17)27-4/h6-12,14H,5,13H2,1-4H3/t14-/m0/s1. The molecule has 152 valence electrons. The molecule has 0 aliphatic rings. The molecular weight excluding hydrogens is 388 g/mol. The number of aromatic nitrogens is 2. The van der Waals surface area contributed by atoms with E-state index >= 15 is 0 Å². The van der Waals surface area contributed by atoms with Gasteiger partial charge in [-0.2, -0.15) is 0 Å². The lowest BCUT2D eigenvalue weighted by Crippen LogP contribution is -2.03. The third kappa shape index (κ3) is 5.17. The molecule has 2 aromatic carbocycles. The van der Waals surface area contributed by atoms with Crippen molar-refractivity contribution in [2.24, 2.45) is 0 Å². The van der Waals surface area contributed by atoms with Crippen LogP contribution in [0.5, 0.6) is 11.5 Å². The predicted octanol–water partition coefficient (Wildman–Crippen LogP) is 5.24. The lowest BCUT2D eigenvalue weighted by Gasteiger charge is -2.09. The number of carbonyl (C=O) groups excluding carboxylic acids is 1. The van der Waals surface area contributed by atoms with Crippen LogP contribution in [0.3, 0.4) is 0 Å². The van der Waals surface area contributed by atoms with Crippen molar-refractivity contribution in [3.63, 3.8) is 0 Å². The molecule has 1 heterocycles. The normalized spacial score (nSPS) is 11.9. The number of thioether (sulfide) groups is 1. The quantitative estimate of drug-likeness (QED) is 0.351. The van der Waals surface area contributed by atoms with Crippen LogP contribution in [-0.4, -0.2) is 36.0 Å². The highest BCUT2D eigenvalue weighted by Crippen LogP contribution is 2.30. The van der Waals surface area contributed by atoms with Crippen molar-refractivity contribution in [2.45, 2.75) is 31.4 Å². The number of ketones is 1. The number of Topliss-reactive ketones (excluding diaryl/α,β-unsaturated/α-hetero) is 1. The van der Waals surface area contributed by atoms with Crippen molar-refractivity contribution in [1.82, 2.24) is 10.2 Å². The van der Waals surface area contributed by atoms with Crippen LogP contribution in [0.25, 0.3) is 11.5 Å². The van der Waals surface area contributed by atoms with Gasteiger partial charge in [0.2, 0.25) is 5.89 Å². The van der Waals surface area contributed by atoms with Gasteiger partial charge in [-0.05, 0) is 30.0 Å². The van der Waals surface area contributed by atoms with E-state index in [9.17, 15) is 4.79 Å². The van der Waals surface area contributed by atoms with E-state index in [-0.39, 0.29) is 11.5 Å². The van der Waals surface area contributed by atoms with Crippen LogP contribution >= 0.6 is 11.8 Å². The largest absolute Gasteiger partial charge is 0.497 e. The number of hydrogen-bond acceptors (Lipinski definition) is 7. The smallest absolute Gasteiger partial charge is 0.277 e. The first-order chi connectivity index (χ1) is 14.0. The van der Waals surface area contributed by atoms with Crippen LogP contribution in [0.15, 0.2) is 52.1 Å². The predicted molar refractivity (Wildman–Crippen MR) is 113 cm³/mol. The Labute approximate surface area is 174 Å². The van der Waals surface area contributed by atoms with Gasteiger partial charge >= 0.3 is 0 Å². The van der Waals surface area contributed by atoms with Gasteiger partial charge in [-0.3, -0.25) is 4.79 Å². The minimum absolute atomic E-state index is 0.0218. The first-order valence-corrected chi connectivity index (χ1v) is 10.4. The van der Waals surface area contributed by atoms with Gasteiger partial charge in [0.15, 0.2) is 5.78 Å². The Morgan fingerprint density at radius 3 is 2.31 bits per heavy atom. The van der Waals surface area contributed by atoms with Crippen LogP contribution in [0, 0.1) is 0 Å². The lowest BCUT2D eigenvalue weighted by molar-refractivity contribution is 0.102. The minimum Gasteiger partial charge on any atom is -0.497 e. The zero-order valence-corrected chi connectivity index (χ0v) is 17.8. The van der Waals surface area contributed by atoms with Gasteiger partial charge < -0.3 is 13.9 Å². The molecule has 0 saturated carbocycles. The molecule has 0 saturated heterocycles. The summed E-state index contributed by atoms with van der Waals surface area (Å²) in [6.07, 6.45) is 1.07. The number of benzene rings is 2. The number of carbonyl (C=O) groups is 1. The third-order valence-corrected chi connectivity index (χ3v) is 5.56. The number of ether oxygens (including phenoxy) is 2. The molecule has 7 heteroatoms. The first kappa shape index (κ1) is 20.9. The van der Waals surface area contributed by atoms with Crippen molar-refractivity contribution in [3.8, 4) is 23.0 Å². The fourth-order valence-electron chi connectivity index (χ4n) is 2.76. The maximum Gasteiger partial charge on any atom is 0.277 e. The molecule has 1 aromatic heterocycles. The van der Waals surface area contributed by atoms with Gasteiger partial charge in [0.05, 0.1) is 20.0 Å². The summed E-state index contributed by atoms with van der Waals surface area (Å²) in [6, 6.07) is 13.1. The van der Waals surface area contributed by atoms with Crippen molar-refractivity contribution in [3.05, 3.63) is 53.6 Å². The Morgan fingerprint density at radius 1 is 1.07 bits per heavy atom. The minimum atomic E-state index is 0.0218. The summed E-state index contributed by atoms with van der Waals surface area (Å²) in [5.41, 5.74) is 2.61. The summed E-state index contributed by atoms with van der Waals surface area (Å²) >= 11 is 1.22. The molecule has 0 amide bonds. The molecule has 0 fully saturated rings. The van der Waals surface area contributed by atoms with E-state index in [4.69, 9.17) is 13.9 Å². The van der Waals surface area contributed by atoms with E-state index in [0.717, 1.165) is 6.42 Å². The SMILES string of the molecule is CC[C@H](C)c1ccc(C(=O)CSc2nnc(-c3cc(OC)cc(OC)c3)o2)cc1. The zero-order chi connectivity index (χ0) is 20.8. The van der Waals surface area contributed by atoms with Crippen molar-refractivity contribution in [2.75, 3.05) is 20.0 Å². The number of methoxy groups -OCH3 is 2. The molecule has 0 aliphatic heterocycles. The van der Waals surface area contributed by atoms with Crippen molar-refractivity contribution < 1.29 is 18.7 Å². The molecule has 0 aliphatic carbocycles. The highest BCUT2D eigenvalue weighted by atomic mass is 32.2. The monoisotopic (exact) mass is 412 g/mol. The average molecular weight is 413 g/mol. The second-order valence-electron chi connectivity index (χ2n) is 6.62. The van der Waals surface area contributed by atoms with Crippen LogP contribution in [-0.2, 0) is 0 Å². The second kappa shape index (κ2) is 9.60. The highest BCUT2D eigenvalue weighted by molar-refractivity contribution is 7.99. The van der Waals surface area contributed by atoms with Gasteiger partial charge in [0.25, 0.3) is 5.22 Å². The Bertz CT molecular complexity index is 947. The molecule has 1 atom stereocenters. The molecule has 0 bridgehead atoms. The molecule has 0 spiro atoms. The number of hydrogen-bond donors (Lipinski definition) is 0. The lowest BCUT2D eigenvalue weighted by atomic mass is 9.97. The summed E-state index contributed by atoms with van der Waals surface area (Å²) in [4.78, 5) is 12.5. The van der Waals surface area contributed by atoms with Gasteiger partial charge in [0, 0.05) is 17.2 Å². The van der Waals surface area contributed by atoms with E-state index in [2.05, 4.69) is 24.0 Å². The molecule has 29 heavy (non-hydrogen) atoms. The fourth-order valence-corrected chi connectivity index (χ4v) is 3.42. The van der Waals surface area contributed by atoms with E-state index < -0.39 is 0 Å². The van der Waals surface area contributed by atoms with Crippen LogP contribution in [0.1, 0.15) is 42.1 Å². The fraction of sp³-hybridized carbons (Fsp3) is 0.318. The number of rotatable bonds is 9. The highest BCUT2D eigenvalue weighted by Gasteiger charge is 2.14. The molecule has 3 aromatic rings. The average Bonchev–Trinajstić information content (AvgIpc) is 3.25. The summed E-state index contributed by atoms with van der Waals surface area (Å²) in [6.45, 7) is 4.33. The number of nitrogens with zero attached hydrogens (tertiary/aromatic N) is 2. The molecule has 0 unspecified atom stereocenters. The van der Waals surface area contributed by atoms with Gasteiger partial charge in [0.1, 0.15) is 11.5 Å². The summed E-state index contributed by atoms with van der Waals surface area (Å²) in [7, 11) is 3.16.